The van der Waals surface area contributed by atoms with Gasteiger partial charge in [-0.25, -0.2) is 4.98 Å². The fraction of sp³-hybridized carbons (Fsp3) is 0.348. The number of pyridine rings is 1. The lowest BCUT2D eigenvalue weighted by atomic mass is 10.2. The molecule has 166 valence electrons. The Morgan fingerprint density at radius 2 is 1.78 bits per heavy atom. The number of nitrogens with one attached hydrogen (secondary N) is 1. The van der Waals surface area contributed by atoms with E-state index in [0.717, 1.165) is 31.9 Å². The molecule has 3 aromatic rings. The molecule has 1 aromatic carbocycles. The lowest BCUT2D eigenvalue weighted by Gasteiger charge is -2.32. The van der Waals surface area contributed by atoms with Crippen molar-refractivity contribution in [1.29, 1.82) is 0 Å². The van der Waals surface area contributed by atoms with Gasteiger partial charge in [-0.15, -0.1) is 0 Å². The number of amides is 1. The highest BCUT2D eigenvalue weighted by molar-refractivity contribution is 6.04. The third-order valence-corrected chi connectivity index (χ3v) is 5.17. The quantitative estimate of drug-likeness (QED) is 0.634. The van der Waals surface area contributed by atoms with Crippen LogP contribution in [-0.2, 0) is 6.42 Å². The molecule has 2 aromatic heterocycles. The standard InChI is InChI=1S/C23H27N7O2/c1-4-19-26-22(30-12-10-29(3)11-13-30)28-23(27-19)32-20-15-17(14-16(2)24-20)21(31)25-18-8-6-5-7-9-18/h5-9,14-15H,4,10-13H2,1-3H3,(H,25,31). The molecular weight excluding hydrogens is 406 g/mol. The molecule has 32 heavy (non-hydrogen) atoms. The van der Waals surface area contributed by atoms with Gasteiger partial charge in [0.1, 0.15) is 5.82 Å². The van der Waals surface area contributed by atoms with E-state index >= 15 is 0 Å². The highest BCUT2D eigenvalue weighted by Gasteiger charge is 2.19. The van der Waals surface area contributed by atoms with Crippen molar-refractivity contribution in [3.63, 3.8) is 0 Å². The van der Waals surface area contributed by atoms with Gasteiger partial charge >= 0.3 is 6.01 Å². The smallest absolute Gasteiger partial charge is 0.328 e. The maximum absolute atomic E-state index is 12.7. The van der Waals surface area contributed by atoms with Crippen LogP contribution < -0.4 is 15.0 Å². The Morgan fingerprint density at radius 3 is 2.50 bits per heavy atom. The molecule has 9 nitrogen and oxygen atoms in total. The summed E-state index contributed by atoms with van der Waals surface area (Å²) in [6.45, 7) is 7.38. The number of aromatic nitrogens is 4. The predicted molar refractivity (Wildman–Crippen MR) is 122 cm³/mol. The van der Waals surface area contributed by atoms with E-state index in [4.69, 9.17) is 4.74 Å². The zero-order chi connectivity index (χ0) is 22.5. The second-order valence-electron chi connectivity index (χ2n) is 7.74. The number of benzene rings is 1. The molecule has 1 fully saturated rings. The van der Waals surface area contributed by atoms with Gasteiger partial charge in [-0.05, 0) is 32.2 Å². The number of likely N-dealkylation sites (N-methyl/N-ethyl adjacent to an activating group) is 1. The summed E-state index contributed by atoms with van der Waals surface area (Å²) < 4.78 is 5.90. The summed E-state index contributed by atoms with van der Waals surface area (Å²) in [4.78, 5) is 35.0. The van der Waals surface area contributed by atoms with Crippen molar-refractivity contribution >= 4 is 17.5 Å². The molecular formula is C23H27N7O2. The van der Waals surface area contributed by atoms with Crippen molar-refractivity contribution in [2.75, 3.05) is 43.4 Å². The number of aryl methyl sites for hydroxylation is 2. The molecule has 0 unspecified atom stereocenters. The van der Waals surface area contributed by atoms with Gasteiger partial charge in [0.2, 0.25) is 11.8 Å². The van der Waals surface area contributed by atoms with Crippen LogP contribution in [0.3, 0.4) is 0 Å². The molecule has 1 aliphatic rings. The van der Waals surface area contributed by atoms with Gasteiger partial charge in [0.15, 0.2) is 0 Å². The van der Waals surface area contributed by atoms with Crippen LogP contribution in [0.5, 0.6) is 11.9 Å². The minimum absolute atomic E-state index is 0.179. The first-order valence-corrected chi connectivity index (χ1v) is 10.7. The van der Waals surface area contributed by atoms with Crippen LogP contribution in [0.4, 0.5) is 11.6 Å². The van der Waals surface area contributed by atoms with Crippen LogP contribution in [0.1, 0.15) is 28.8 Å². The molecule has 1 aliphatic heterocycles. The first-order valence-electron chi connectivity index (χ1n) is 10.7. The summed E-state index contributed by atoms with van der Waals surface area (Å²) >= 11 is 0. The summed E-state index contributed by atoms with van der Waals surface area (Å²) in [7, 11) is 2.10. The lowest BCUT2D eigenvalue weighted by molar-refractivity contribution is 0.102. The van der Waals surface area contributed by atoms with Crippen LogP contribution in [0.15, 0.2) is 42.5 Å². The predicted octanol–water partition coefficient (Wildman–Crippen LogP) is 2.93. The van der Waals surface area contributed by atoms with Crippen molar-refractivity contribution in [3.8, 4) is 11.9 Å². The Labute approximate surface area is 187 Å². The Kier molecular flexibility index (Phi) is 6.55. The number of ether oxygens (including phenoxy) is 1. The zero-order valence-corrected chi connectivity index (χ0v) is 18.6. The van der Waals surface area contributed by atoms with Crippen molar-refractivity contribution in [1.82, 2.24) is 24.8 Å². The summed E-state index contributed by atoms with van der Waals surface area (Å²) in [5.74, 6) is 1.28. The second-order valence-corrected chi connectivity index (χ2v) is 7.74. The maximum atomic E-state index is 12.7. The molecule has 3 heterocycles. The summed E-state index contributed by atoms with van der Waals surface area (Å²) in [5, 5.41) is 2.88. The van der Waals surface area contributed by atoms with Crippen molar-refractivity contribution in [3.05, 3.63) is 59.5 Å². The SMILES string of the molecule is CCc1nc(Oc2cc(C(=O)Nc3ccccc3)cc(C)n2)nc(N2CCN(C)CC2)n1. The van der Waals surface area contributed by atoms with E-state index in [9.17, 15) is 4.79 Å². The summed E-state index contributed by atoms with van der Waals surface area (Å²) in [5.41, 5.74) is 1.82. The zero-order valence-electron chi connectivity index (χ0n) is 18.6. The Hall–Kier alpha value is -3.59. The van der Waals surface area contributed by atoms with Gasteiger partial charge < -0.3 is 19.9 Å². The number of carbonyl (C=O) groups excluding carboxylic acids is 1. The van der Waals surface area contributed by atoms with Gasteiger partial charge in [0, 0.05) is 55.6 Å². The fourth-order valence-electron chi connectivity index (χ4n) is 3.38. The molecule has 0 aliphatic carbocycles. The largest absolute Gasteiger partial charge is 0.405 e. The van der Waals surface area contributed by atoms with E-state index in [-0.39, 0.29) is 17.8 Å². The lowest BCUT2D eigenvalue weighted by Crippen LogP contribution is -2.45. The molecule has 9 heteroatoms. The van der Waals surface area contributed by atoms with E-state index in [1.54, 1.807) is 12.1 Å². The number of carbonyl (C=O) groups is 1. The van der Waals surface area contributed by atoms with Gasteiger partial charge in [0.05, 0.1) is 0 Å². The van der Waals surface area contributed by atoms with Gasteiger partial charge in [-0.2, -0.15) is 15.0 Å². The average molecular weight is 434 g/mol. The number of hydrogen-bond donors (Lipinski definition) is 1. The van der Waals surface area contributed by atoms with Crippen LogP contribution in [0, 0.1) is 6.92 Å². The third-order valence-electron chi connectivity index (χ3n) is 5.17. The van der Waals surface area contributed by atoms with E-state index in [0.29, 0.717) is 29.5 Å². The molecule has 0 bridgehead atoms. The summed E-state index contributed by atoms with van der Waals surface area (Å²) in [6.07, 6.45) is 0.658. The first kappa shape index (κ1) is 21.6. The molecule has 4 rings (SSSR count). The number of rotatable bonds is 6. The highest BCUT2D eigenvalue weighted by Crippen LogP contribution is 2.22. The second kappa shape index (κ2) is 9.69. The van der Waals surface area contributed by atoms with E-state index in [1.807, 2.05) is 44.2 Å². The van der Waals surface area contributed by atoms with Crippen LogP contribution in [-0.4, -0.2) is 64.0 Å². The monoisotopic (exact) mass is 433 g/mol. The maximum Gasteiger partial charge on any atom is 0.328 e. The molecule has 0 radical (unpaired) electrons. The van der Waals surface area contributed by atoms with E-state index < -0.39 is 0 Å². The molecule has 0 saturated carbocycles. The fourth-order valence-corrected chi connectivity index (χ4v) is 3.38. The molecule has 1 saturated heterocycles. The van der Waals surface area contributed by atoms with Gasteiger partial charge in [-0.3, -0.25) is 4.79 Å². The number of piperazine rings is 1. The number of para-hydroxylation sites is 1. The van der Waals surface area contributed by atoms with Crippen molar-refractivity contribution in [2.24, 2.45) is 0 Å². The van der Waals surface area contributed by atoms with Crippen LogP contribution in [0.25, 0.3) is 0 Å². The van der Waals surface area contributed by atoms with Crippen LogP contribution in [0.2, 0.25) is 0 Å². The topological polar surface area (TPSA) is 96.4 Å². The Balaban J connectivity index is 1.55. The van der Waals surface area contributed by atoms with Crippen molar-refractivity contribution < 1.29 is 9.53 Å². The minimum Gasteiger partial charge on any atom is -0.405 e. The minimum atomic E-state index is -0.241. The average Bonchev–Trinajstić information content (AvgIpc) is 2.79. The Bertz CT molecular complexity index is 1080. The van der Waals surface area contributed by atoms with Crippen molar-refractivity contribution in [2.45, 2.75) is 20.3 Å². The number of hydrogen-bond acceptors (Lipinski definition) is 8. The molecule has 1 amide bonds. The van der Waals surface area contributed by atoms with E-state index in [1.165, 1.54) is 0 Å². The molecule has 0 atom stereocenters. The third kappa shape index (κ3) is 5.36. The van der Waals surface area contributed by atoms with Gasteiger partial charge in [-0.1, -0.05) is 25.1 Å². The summed E-state index contributed by atoms with van der Waals surface area (Å²) in [6, 6.07) is 12.8. The Morgan fingerprint density at radius 1 is 1.03 bits per heavy atom. The van der Waals surface area contributed by atoms with Crippen LogP contribution >= 0.6 is 0 Å². The normalized spacial score (nSPS) is 14.3. The first-order chi connectivity index (χ1) is 15.5. The molecule has 0 spiro atoms. The van der Waals surface area contributed by atoms with E-state index in [2.05, 4.69) is 42.1 Å². The highest BCUT2D eigenvalue weighted by atomic mass is 16.5. The number of nitrogens with zero attached hydrogens (tertiary/aromatic N) is 6. The number of anilines is 2. The van der Waals surface area contributed by atoms with Gasteiger partial charge in [0.25, 0.3) is 5.91 Å². The molecule has 1 N–H and O–H groups in total.